The zero-order valence-electron chi connectivity index (χ0n) is 7.95. The number of nitrogens with zero attached hydrogens (tertiary/aromatic N) is 1. The number of thiol groups is 1. The standard InChI is InChI=1S/C10H12N2S2/c1-7-3-5-14-10(7)8-6-11-9(12-8)2-4-13/h3,5-6,13H,2,4H2,1H3,(H,11,12). The predicted molar refractivity (Wildman–Crippen MR) is 64.2 cm³/mol. The maximum absolute atomic E-state index is 4.31. The van der Waals surface area contributed by atoms with Gasteiger partial charge in [-0.05, 0) is 29.7 Å². The Balaban J connectivity index is 2.29. The molecule has 0 amide bonds. The first-order valence-corrected chi connectivity index (χ1v) is 6.01. The Morgan fingerprint density at radius 3 is 3.07 bits per heavy atom. The Morgan fingerprint density at radius 1 is 1.57 bits per heavy atom. The topological polar surface area (TPSA) is 28.7 Å². The lowest BCUT2D eigenvalue weighted by Crippen LogP contribution is -1.88. The van der Waals surface area contributed by atoms with Gasteiger partial charge in [0.15, 0.2) is 0 Å². The number of aromatic amines is 1. The van der Waals surface area contributed by atoms with Crippen LogP contribution >= 0.6 is 24.0 Å². The molecule has 4 heteroatoms. The second-order valence-corrected chi connectivity index (χ2v) is 4.51. The van der Waals surface area contributed by atoms with Crippen molar-refractivity contribution in [2.45, 2.75) is 13.3 Å². The molecule has 1 N–H and O–H groups in total. The molecule has 0 spiro atoms. The Morgan fingerprint density at radius 2 is 2.43 bits per heavy atom. The van der Waals surface area contributed by atoms with E-state index in [0.717, 1.165) is 23.7 Å². The van der Waals surface area contributed by atoms with Gasteiger partial charge in [-0.15, -0.1) is 11.3 Å². The van der Waals surface area contributed by atoms with Crippen molar-refractivity contribution in [2.75, 3.05) is 5.75 Å². The van der Waals surface area contributed by atoms with Crippen molar-refractivity contribution in [3.63, 3.8) is 0 Å². The summed E-state index contributed by atoms with van der Waals surface area (Å²) in [5, 5.41) is 2.10. The molecule has 0 radical (unpaired) electrons. The summed E-state index contributed by atoms with van der Waals surface area (Å²) in [6.07, 6.45) is 2.80. The molecule has 0 aromatic carbocycles. The van der Waals surface area contributed by atoms with Gasteiger partial charge in [-0.3, -0.25) is 0 Å². The summed E-state index contributed by atoms with van der Waals surface area (Å²) in [4.78, 5) is 8.89. The van der Waals surface area contributed by atoms with Crippen LogP contribution in [0.15, 0.2) is 17.6 Å². The fourth-order valence-corrected chi connectivity index (χ4v) is 2.46. The molecule has 74 valence electrons. The molecule has 0 aliphatic heterocycles. The normalized spacial score (nSPS) is 10.7. The van der Waals surface area contributed by atoms with Crippen molar-refractivity contribution in [3.8, 4) is 10.6 Å². The number of hydrogen-bond acceptors (Lipinski definition) is 3. The van der Waals surface area contributed by atoms with Crippen LogP contribution in [-0.2, 0) is 6.42 Å². The van der Waals surface area contributed by atoms with Crippen molar-refractivity contribution in [1.82, 2.24) is 9.97 Å². The summed E-state index contributed by atoms with van der Waals surface area (Å²) in [6.45, 7) is 2.12. The van der Waals surface area contributed by atoms with Gasteiger partial charge in [0.2, 0.25) is 0 Å². The van der Waals surface area contributed by atoms with Crippen LogP contribution in [0.25, 0.3) is 10.6 Å². The minimum absolute atomic E-state index is 0.830. The summed E-state index contributed by atoms with van der Waals surface area (Å²) in [5.41, 5.74) is 2.42. The van der Waals surface area contributed by atoms with Gasteiger partial charge in [0.05, 0.1) is 16.8 Å². The van der Waals surface area contributed by atoms with Crippen molar-refractivity contribution in [1.29, 1.82) is 0 Å². The van der Waals surface area contributed by atoms with Gasteiger partial charge in [0, 0.05) is 6.42 Å². The first-order chi connectivity index (χ1) is 6.81. The summed E-state index contributed by atoms with van der Waals surface area (Å²) in [5.74, 6) is 1.85. The minimum atomic E-state index is 0.830. The van der Waals surface area contributed by atoms with Gasteiger partial charge in [-0.2, -0.15) is 12.6 Å². The van der Waals surface area contributed by atoms with Crippen LogP contribution < -0.4 is 0 Å². The van der Waals surface area contributed by atoms with Gasteiger partial charge in [0.25, 0.3) is 0 Å². The third-order valence-electron chi connectivity index (χ3n) is 2.08. The highest BCUT2D eigenvalue weighted by atomic mass is 32.1. The zero-order chi connectivity index (χ0) is 9.97. The highest BCUT2D eigenvalue weighted by Crippen LogP contribution is 2.27. The third kappa shape index (κ3) is 1.86. The highest BCUT2D eigenvalue weighted by molar-refractivity contribution is 7.80. The lowest BCUT2D eigenvalue weighted by atomic mass is 10.2. The van der Waals surface area contributed by atoms with E-state index in [-0.39, 0.29) is 0 Å². The Labute approximate surface area is 92.8 Å². The molecule has 0 saturated heterocycles. The summed E-state index contributed by atoms with van der Waals surface area (Å²) < 4.78 is 0. The van der Waals surface area contributed by atoms with Crippen molar-refractivity contribution < 1.29 is 0 Å². The Kier molecular flexibility index (Phi) is 2.93. The van der Waals surface area contributed by atoms with E-state index in [1.165, 1.54) is 10.4 Å². The smallest absolute Gasteiger partial charge is 0.107 e. The molecule has 0 unspecified atom stereocenters. The molecule has 2 heterocycles. The van der Waals surface area contributed by atoms with Crippen LogP contribution in [0.3, 0.4) is 0 Å². The lowest BCUT2D eigenvalue weighted by Gasteiger charge is -1.94. The Hall–Kier alpha value is -0.740. The van der Waals surface area contributed by atoms with Gasteiger partial charge < -0.3 is 4.98 Å². The Bertz CT molecular complexity index is 417. The monoisotopic (exact) mass is 224 g/mol. The van der Waals surface area contributed by atoms with Crippen LogP contribution in [-0.4, -0.2) is 15.7 Å². The molecule has 2 nitrogen and oxygen atoms in total. The molecular weight excluding hydrogens is 212 g/mol. The quantitative estimate of drug-likeness (QED) is 0.771. The molecule has 0 aliphatic rings. The van der Waals surface area contributed by atoms with E-state index in [2.05, 4.69) is 41.0 Å². The summed E-state index contributed by atoms with van der Waals surface area (Å²) in [6, 6.07) is 2.12. The number of aromatic nitrogens is 2. The first kappa shape index (κ1) is 9.80. The van der Waals surface area contributed by atoms with E-state index >= 15 is 0 Å². The zero-order valence-corrected chi connectivity index (χ0v) is 9.66. The molecule has 2 aromatic heterocycles. The van der Waals surface area contributed by atoms with Gasteiger partial charge in [-0.1, -0.05) is 0 Å². The third-order valence-corrected chi connectivity index (χ3v) is 3.36. The fourth-order valence-electron chi connectivity index (χ4n) is 1.36. The van der Waals surface area contributed by atoms with Crippen LogP contribution in [0.5, 0.6) is 0 Å². The average molecular weight is 224 g/mol. The highest BCUT2D eigenvalue weighted by Gasteiger charge is 2.06. The van der Waals surface area contributed by atoms with E-state index < -0.39 is 0 Å². The SMILES string of the molecule is Cc1ccsc1-c1cnc(CCS)[nH]1. The molecule has 0 saturated carbocycles. The summed E-state index contributed by atoms with van der Waals surface area (Å²) in [7, 11) is 0. The molecule has 0 bridgehead atoms. The number of hydrogen-bond donors (Lipinski definition) is 2. The number of nitrogens with one attached hydrogen (secondary N) is 1. The van der Waals surface area contributed by atoms with Crippen LogP contribution in [0.1, 0.15) is 11.4 Å². The molecule has 2 rings (SSSR count). The van der Waals surface area contributed by atoms with E-state index in [9.17, 15) is 0 Å². The number of H-pyrrole nitrogens is 1. The van der Waals surface area contributed by atoms with Crippen molar-refractivity contribution >= 4 is 24.0 Å². The molecule has 0 fully saturated rings. The number of aryl methyl sites for hydroxylation is 2. The van der Waals surface area contributed by atoms with Crippen molar-refractivity contribution in [2.24, 2.45) is 0 Å². The van der Waals surface area contributed by atoms with E-state index in [1.807, 2.05) is 6.20 Å². The second-order valence-electron chi connectivity index (χ2n) is 3.15. The summed E-state index contributed by atoms with van der Waals surface area (Å²) >= 11 is 5.92. The fraction of sp³-hybridized carbons (Fsp3) is 0.300. The van der Waals surface area contributed by atoms with E-state index in [4.69, 9.17) is 0 Å². The maximum Gasteiger partial charge on any atom is 0.107 e. The van der Waals surface area contributed by atoms with Gasteiger partial charge >= 0.3 is 0 Å². The van der Waals surface area contributed by atoms with Gasteiger partial charge in [-0.25, -0.2) is 4.98 Å². The van der Waals surface area contributed by atoms with Gasteiger partial charge in [0.1, 0.15) is 5.82 Å². The maximum atomic E-state index is 4.31. The second kappa shape index (κ2) is 4.19. The van der Waals surface area contributed by atoms with Crippen LogP contribution in [0, 0.1) is 6.92 Å². The molecule has 0 aliphatic carbocycles. The minimum Gasteiger partial charge on any atom is -0.341 e. The van der Waals surface area contributed by atoms with Crippen molar-refractivity contribution in [3.05, 3.63) is 29.0 Å². The molecular formula is C10H12N2S2. The number of rotatable bonds is 3. The average Bonchev–Trinajstić information content (AvgIpc) is 2.74. The first-order valence-electron chi connectivity index (χ1n) is 4.50. The van der Waals surface area contributed by atoms with E-state index in [0.29, 0.717) is 0 Å². The molecule has 14 heavy (non-hydrogen) atoms. The predicted octanol–water partition coefficient (Wildman–Crippen LogP) is 2.92. The molecule has 0 atom stereocenters. The lowest BCUT2D eigenvalue weighted by molar-refractivity contribution is 1.00. The largest absolute Gasteiger partial charge is 0.341 e. The number of imidazole rings is 1. The van der Waals surface area contributed by atoms with Crippen LogP contribution in [0.4, 0.5) is 0 Å². The van der Waals surface area contributed by atoms with E-state index in [1.54, 1.807) is 11.3 Å². The molecule has 2 aromatic rings. The number of thiophene rings is 1. The van der Waals surface area contributed by atoms with Crippen LogP contribution in [0.2, 0.25) is 0 Å².